The fourth-order valence-electron chi connectivity index (χ4n) is 3.11. The first kappa shape index (κ1) is 15.2. The monoisotopic (exact) mass is 277 g/mol. The second-order valence-electron chi connectivity index (χ2n) is 5.67. The van der Waals surface area contributed by atoms with Gasteiger partial charge < -0.3 is 10.5 Å². The maximum absolute atomic E-state index is 6.05. The number of hydrogen-bond acceptors (Lipinski definition) is 4. The van der Waals surface area contributed by atoms with Crippen LogP contribution in [0.1, 0.15) is 69.1 Å². The summed E-state index contributed by atoms with van der Waals surface area (Å²) >= 11 is 0. The number of nitrogen functional groups attached to an aromatic ring is 1. The largest absolute Gasteiger partial charge is 0.383 e. The Balaban J connectivity index is 2.30. The van der Waals surface area contributed by atoms with E-state index in [1.165, 1.54) is 32.1 Å². The average Bonchev–Trinajstić information content (AvgIpc) is 2.48. The van der Waals surface area contributed by atoms with Crippen molar-refractivity contribution >= 4 is 5.82 Å². The van der Waals surface area contributed by atoms with Gasteiger partial charge in [0, 0.05) is 17.9 Å². The van der Waals surface area contributed by atoms with Gasteiger partial charge >= 0.3 is 0 Å². The van der Waals surface area contributed by atoms with E-state index in [4.69, 9.17) is 15.5 Å². The Hall–Kier alpha value is -1.16. The second-order valence-corrected chi connectivity index (χ2v) is 5.67. The molecule has 1 heterocycles. The molecule has 0 saturated heterocycles. The van der Waals surface area contributed by atoms with Gasteiger partial charge in [0.15, 0.2) is 5.82 Å². The average molecular weight is 277 g/mol. The minimum Gasteiger partial charge on any atom is -0.383 e. The van der Waals surface area contributed by atoms with Crippen molar-refractivity contribution in [1.82, 2.24) is 9.97 Å². The van der Waals surface area contributed by atoms with Crippen LogP contribution in [0.3, 0.4) is 0 Å². The molecule has 2 N–H and O–H groups in total. The molecule has 1 aliphatic rings. The zero-order valence-corrected chi connectivity index (χ0v) is 13.0. The van der Waals surface area contributed by atoms with E-state index in [2.05, 4.69) is 11.9 Å². The quantitative estimate of drug-likeness (QED) is 0.893. The summed E-state index contributed by atoms with van der Waals surface area (Å²) in [5.74, 6) is 1.93. The van der Waals surface area contributed by atoms with E-state index in [-0.39, 0.29) is 6.10 Å². The summed E-state index contributed by atoms with van der Waals surface area (Å²) < 4.78 is 5.98. The van der Waals surface area contributed by atoms with Crippen LogP contribution in [0.4, 0.5) is 5.82 Å². The highest BCUT2D eigenvalue weighted by Crippen LogP contribution is 2.36. The molecule has 1 atom stereocenters. The van der Waals surface area contributed by atoms with Crippen LogP contribution in [0.5, 0.6) is 0 Å². The van der Waals surface area contributed by atoms with Crippen LogP contribution in [0.25, 0.3) is 0 Å². The second kappa shape index (κ2) is 7.02. The number of hydrogen-bond donors (Lipinski definition) is 1. The summed E-state index contributed by atoms with van der Waals surface area (Å²) in [4.78, 5) is 9.25. The van der Waals surface area contributed by atoms with Crippen molar-refractivity contribution in [3.63, 3.8) is 0 Å². The molecule has 20 heavy (non-hydrogen) atoms. The predicted octanol–water partition coefficient (Wildman–Crippen LogP) is 3.59. The van der Waals surface area contributed by atoms with Crippen molar-refractivity contribution in [2.75, 3.05) is 12.3 Å². The molecule has 0 spiro atoms. The van der Waals surface area contributed by atoms with Crippen LogP contribution in [0.15, 0.2) is 0 Å². The standard InChI is InChI=1S/C16H27N3O/c1-4-13-11(3)15(17)19-16(18-13)14(20-5-2)12-9-7-6-8-10-12/h12,14H,4-10H2,1-3H3,(H2,17,18,19). The summed E-state index contributed by atoms with van der Waals surface area (Å²) in [6.07, 6.45) is 7.23. The van der Waals surface area contributed by atoms with Gasteiger partial charge in [-0.15, -0.1) is 0 Å². The molecule has 1 aromatic rings. The topological polar surface area (TPSA) is 61.0 Å². The fourth-order valence-corrected chi connectivity index (χ4v) is 3.11. The highest BCUT2D eigenvalue weighted by molar-refractivity contribution is 5.41. The van der Waals surface area contributed by atoms with E-state index in [0.717, 1.165) is 23.5 Å². The van der Waals surface area contributed by atoms with Crippen LogP contribution in [0.2, 0.25) is 0 Å². The number of ether oxygens (including phenoxy) is 1. The Bertz CT molecular complexity index is 442. The minimum absolute atomic E-state index is 0.00787. The summed E-state index contributed by atoms with van der Waals surface area (Å²) in [6.45, 7) is 6.83. The maximum atomic E-state index is 6.05. The van der Waals surface area contributed by atoms with Crippen molar-refractivity contribution in [2.45, 2.75) is 65.4 Å². The summed E-state index contributed by atoms with van der Waals surface area (Å²) in [5.41, 5.74) is 8.11. The zero-order chi connectivity index (χ0) is 14.5. The molecule has 0 bridgehead atoms. The molecule has 1 unspecified atom stereocenters. The molecule has 112 valence electrons. The van der Waals surface area contributed by atoms with Crippen LogP contribution < -0.4 is 5.73 Å². The van der Waals surface area contributed by atoms with Crippen LogP contribution in [0, 0.1) is 12.8 Å². The summed E-state index contributed by atoms with van der Waals surface area (Å²) in [6, 6.07) is 0. The molecule has 0 aromatic carbocycles. The van der Waals surface area contributed by atoms with Crippen LogP contribution in [-0.4, -0.2) is 16.6 Å². The number of aromatic nitrogens is 2. The Morgan fingerprint density at radius 3 is 2.50 bits per heavy atom. The van der Waals surface area contributed by atoms with Crippen LogP contribution >= 0.6 is 0 Å². The van der Waals surface area contributed by atoms with Gasteiger partial charge in [0.05, 0.1) is 0 Å². The van der Waals surface area contributed by atoms with E-state index in [1.54, 1.807) is 0 Å². The first-order valence-electron chi connectivity index (χ1n) is 7.91. The van der Waals surface area contributed by atoms with E-state index < -0.39 is 0 Å². The minimum atomic E-state index is 0.00787. The van der Waals surface area contributed by atoms with Crippen LogP contribution in [-0.2, 0) is 11.2 Å². The molecule has 1 aromatic heterocycles. The van der Waals surface area contributed by atoms with E-state index in [1.807, 2.05) is 13.8 Å². The number of aryl methyl sites for hydroxylation is 1. The van der Waals surface area contributed by atoms with Crippen molar-refractivity contribution < 1.29 is 4.74 Å². The Kier molecular flexibility index (Phi) is 5.35. The lowest BCUT2D eigenvalue weighted by atomic mass is 9.84. The molecule has 1 fully saturated rings. The first-order chi connectivity index (χ1) is 9.67. The SMILES string of the molecule is CCOC(c1nc(N)c(C)c(CC)n1)C1CCCCC1. The van der Waals surface area contributed by atoms with E-state index in [9.17, 15) is 0 Å². The molecule has 0 radical (unpaired) electrons. The normalized spacial score (nSPS) is 18.1. The van der Waals surface area contributed by atoms with Gasteiger partial charge in [-0.1, -0.05) is 26.2 Å². The van der Waals surface area contributed by atoms with Crippen molar-refractivity contribution in [2.24, 2.45) is 5.92 Å². The third-order valence-corrected chi connectivity index (χ3v) is 4.32. The smallest absolute Gasteiger partial charge is 0.160 e. The molecule has 0 amide bonds. The van der Waals surface area contributed by atoms with Gasteiger partial charge in [-0.25, -0.2) is 9.97 Å². The molecule has 1 aliphatic carbocycles. The van der Waals surface area contributed by atoms with Crippen molar-refractivity contribution in [3.05, 3.63) is 17.1 Å². The lowest BCUT2D eigenvalue weighted by molar-refractivity contribution is -0.000234. The molecular weight excluding hydrogens is 250 g/mol. The number of anilines is 1. The Morgan fingerprint density at radius 1 is 1.20 bits per heavy atom. The predicted molar refractivity (Wildman–Crippen MR) is 81.5 cm³/mol. The van der Waals surface area contributed by atoms with Gasteiger partial charge in [-0.2, -0.15) is 0 Å². The Labute approximate surface area is 122 Å². The van der Waals surface area contributed by atoms with Crippen molar-refractivity contribution in [3.8, 4) is 0 Å². The lowest BCUT2D eigenvalue weighted by Gasteiger charge is -2.29. The van der Waals surface area contributed by atoms with Gasteiger partial charge in [0.25, 0.3) is 0 Å². The third kappa shape index (κ3) is 3.29. The number of nitrogens with zero attached hydrogens (tertiary/aromatic N) is 2. The molecular formula is C16H27N3O. The van der Waals surface area contributed by atoms with E-state index in [0.29, 0.717) is 18.3 Å². The van der Waals surface area contributed by atoms with E-state index >= 15 is 0 Å². The molecule has 1 saturated carbocycles. The van der Waals surface area contributed by atoms with Gasteiger partial charge in [-0.3, -0.25) is 0 Å². The zero-order valence-electron chi connectivity index (χ0n) is 13.0. The Morgan fingerprint density at radius 2 is 1.90 bits per heavy atom. The molecule has 2 rings (SSSR count). The molecule has 4 nitrogen and oxygen atoms in total. The molecule has 0 aliphatic heterocycles. The molecule has 4 heteroatoms. The maximum Gasteiger partial charge on any atom is 0.160 e. The third-order valence-electron chi connectivity index (χ3n) is 4.32. The number of nitrogens with two attached hydrogens (primary N) is 1. The first-order valence-corrected chi connectivity index (χ1v) is 7.91. The van der Waals surface area contributed by atoms with Crippen molar-refractivity contribution in [1.29, 1.82) is 0 Å². The van der Waals surface area contributed by atoms with Gasteiger partial charge in [0.1, 0.15) is 11.9 Å². The summed E-state index contributed by atoms with van der Waals surface area (Å²) in [5, 5.41) is 0. The highest BCUT2D eigenvalue weighted by Gasteiger charge is 2.28. The van der Waals surface area contributed by atoms with Gasteiger partial charge in [0.2, 0.25) is 0 Å². The lowest BCUT2D eigenvalue weighted by Crippen LogP contribution is -2.22. The number of rotatable bonds is 5. The summed E-state index contributed by atoms with van der Waals surface area (Å²) in [7, 11) is 0. The highest BCUT2D eigenvalue weighted by atomic mass is 16.5. The fraction of sp³-hybridized carbons (Fsp3) is 0.750. The van der Waals surface area contributed by atoms with Gasteiger partial charge in [-0.05, 0) is 39.0 Å².